The van der Waals surface area contributed by atoms with E-state index in [1.165, 1.54) is 11.8 Å². The van der Waals surface area contributed by atoms with Gasteiger partial charge in [0, 0.05) is 6.20 Å². The van der Waals surface area contributed by atoms with Gasteiger partial charge in [-0.15, -0.1) is 0 Å². The molecule has 0 spiro atoms. The third-order valence-electron chi connectivity index (χ3n) is 3.71. The van der Waals surface area contributed by atoms with E-state index in [9.17, 15) is 4.79 Å². The molecule has 1 amide bonds. The second kappa shape index (κ2) is 7.16. The van der Waals surface area contributed by atoms with Crippen LogP contribution in [-0.2, 0) is 6.42 Å². The topological polar surface area (TPSA) is 54.9 Å². The second-order valence-electron chi connectivity index (χ2n) is 5.83. The van der Waals surface area contributed by atoms with Gasteiger partial charge in [0.2, 0.25) is 0 Å². The number of hydrogen-bond acceptors (Lipinski definition) is 3. The van der Waals surface area contributed by atoms with Crippen LogP contribution in [0.1, 0.15) is 54.1 Å². The van der Waals surface area contributed by atoms with Gasteiger partial charge in [-0.1, -0.05) is 45.0 Å². The van der Waals surface area contributed by atoms with Gasteiger partial charge in [-0.25, -0.2) is 4.98 Å². The minimum Gasteiger partial charge on any atom is -0.344 e. The fraction of sp³-hybridized carbons (Fsp3) is 0.389. The standard InChI is InChI=1S/C18H23N3O/c1-5-14-6-8-15(9-7-14)17(12(2)3)21-18(22)16-11-19-13(4)10-20-16/h6-12,17H,5H2,1-4H3,(H,21,22)/t17-/m1/s1. The zero-order chi connectivity index (χ0) is 16.1. The van der Waals surface area contributed by atoms with Gasteiger partial charge in [-0.2, -0.15) is 0 Å². The fourth-order valence-electron chi connectivity index (χ4n) is 2.32. The Hall–Kier alpha value is -2.23. The zero-order valence-corrected chi connectivity index (χ0v) is 13.6. The lowest BCUT2D eigenvalue weighted by atomic mass is 9.94. The molecule has 1 aromatic heterocycles. The number of hydrogen-bond donors (Lipinski definition) is 1. The number of nitrogens with zero attached hydrogens (tertiary/aromatic N) is 2. The van der Waals surface area contributed by atoms with Gasteiger partial charge in [0.25, 0.3) is 5.91 Å². The number of aromatic nitrogens is 2. The lowest BCUT2D eigenvalue weighted by molar-refractivity contribution is 0.0920. The number of rotatable bonds is 5. The molecule has 116 valence electrons. The summed E-state index contributed by atoms with van der Waals surface area (Å²) in [6, 6.07) is 8.36. The second-order valence-corrected chi connectivity index (χ2v) is 5.83. The van der Waals surface area contributed by atoms with E-state index in [-0.39, 0.29) is 17.9 Å². The highest BCUT2D eigenvalue weighted by Crippen LogP contribution is 2.22. The van der Waals surface area contributed by atoms with Crippen molar-refractivity contribution in [3.8, 4) is 0 Å². The van der Waals surface area contributed by atoms with E-state index in [2.05, 4.69) is 60.3 Å². The molecular weight excluding hydrogens is 274 g/mol. The quantitative estimate of drug-likeness (QED) is 0.919. The molecule has 0 saturated heterocycles. The normalized spacial score (nSPS) is 12.2. The molecule has 0 bridgehead atoms. The maximum atomic E-state index is 12.4. The Morgan fingerprint density at radius 1 is 1.14 bits per heavy atom. The SMILES string of the molecule is CCc1ccc([C@H](NC(=O)c2cnc(C)cn2)C(C)C)cc1. The van der Waals surface area contributed by atoms with Gasteiger partial charge in [0.05, 0.1) is 17.9 Å². The number of amides is 1. The molecule has 0 fully saturated rings. The fourth-order valence-corrected chi connectivity index (χ4v) is 2.32. The molecule has 0 radical (unpaired) electrons. The van der Waals surface area contributed by atoms with Crippen LogP contribution in [0.3, 0.4) is 0 Å². The summed E-state index contributed by atoms with van der Waals surface area (Å²) in [5, 5.41) is 3.06. The molecule has 0 unspecified atom stereocenters. The van der Waals surface area contributed by atoms with Crippen molar-refractivity contribution < 1.29 is 4.79 Å². The monoisotopic (exact) mass is 297 g/mol. The first-order valence-electron chi connectivity index (χ1n) is 7.69. The van der Waals surface area contributed by atoms with Crippen molar-refractivity contribution in [3.63, 3.8) is 0 Å². The van der Waals surface area contributed by atoms with E-state index < -0.39 is 0 Å². The summed E-state index contributed by atoms with van der Waals surface area (Å²) >= 11 is 0. The maximum Gasteiger partial charge on any atom is 0.271 e. The van der Waals surface area contributed by atoms with E-state index >= 15 is 0 Å². The number of carbonyl (C=O) groups is 1. The van der Waals surface area contributed by atoms with Crippen LogP contribution in [0.2, 0.25) is 0 Å². The van der Waals surface area contributed by atoms with Crippen molar-refractivity contribution in [3.05, 3.63) is 59.2 Å². The molecule has 1 aromatic carbocycles. The van der Waals surface area contributed by atoms with Crippen LogP contribution in [0.25, 0.3) is 0 Å². The summed E-state index contributed by atoms with van der Waals surface area (Å²) in [4.78, 5) is 20.6. The van der Waals surface area contributed by atoms with Crippen LogP contribution in [-0.4, -0.2) is 15.9 Å². The predicted molar refractivity (Wildman–Crippen MR) is 87.6 cm³/mol. The molecule has 0 saturated carbocycles. The molecule has 1 N–H and O–H groups in total. The van der Waals surface area contributed by atoms with Crippen LogP contribution in [0.15, 0.2) is 36.7 Å². The Balaban J connectivity index is 2.17. The van der Waals surface area contributed by atoms with Crippen molar-refractivity contribution in [2.45, 2.75) is 40.2 Å². The van der Waals surface area contributed by atoms with Gasteiger partial charge in [-0.3, -0.25) is 9.78 Å². The molecule has 1 atom stereocenters. The van der Waals surface area contributed by atoms with Gasteiger partial charge in [0.15, 0.2) is 0 Å². The van der Waals surface area contributed by atoms with E-state index in [0.29, 0.717) is 5.69 Å². The maximum absolute atomic E-state index is 12.4. The Bertz CT molecular complexity index is 618. The third-order valence-corrected chi connectivity index (χ3v) is 3.71. The summed E-state index contributed by atoms with van der Waals surface area (Å²) in [6.07, 6.45) is 4.13. The summed E-state index contributed by atoms with van der Waals surface area (Å²) in [7, 11) is 0. The zero-order valence-electron chi connectivity index (χ0n) is 13.6. The summed E-state index contributed by atoms with van der Waals surface area (Å²) in [5.74, 6) is 0.0978. The van der Waals surface area contributed by atoms with Crippen LogP contribution in [0, 0.1) is 12.8 Å². The first-order chi connectivity index (χ1) is 10.5. The molecular formula is C18H23N3O. The molecule has 22 heavy (non-hydrogen) atoms. The van der Waals surface area contributed by atoms with Gasteiger partial charge < -0.3 is 5.32 Å². The summed E-state index contributed by atoms with van der Waals surface area (Å²) in [5.41, 5.74) is 3.55. The van der Waals surface area contributed by atoms with Gasteiger partial charge >= 0.3 is 0 Å². The van der Waals surface area contributed by atoms with Crippen molar-refractivity contribution in [1.82, 2.24) is 15.3 Å². The smallest absolute Gasteiger partial charge is 0.271 e. The average Bonchev–Trinajstić information content (AvgIpc) is 2.53. The highest BCUT2D eigenvalue weighted by atomic mass is 16.1. The van der Waals surface area contributed by atoms with Gasteiger partial charge in [0.1, 0.15) is 5.69 Å². The van der Waals surface area contributed by atoms with Crippen molar-refractivity contribution >= 4 is 5.91 Å². The first-order valence-corrected chi connectivity index (χ1v) is 7.69. The number of benzene rings is 1. The van der Waals surface area contributed by atoms with Crippen molar-refractivity contribution in [2.24, 2.45) is 5.92 Å². The van der Waals surface area contributed by atoms with E-state index in [1.807, 2.05) is 6.92 Å². The highest BCUT2D eigenvalue weighted by molar-refractivity contribution is 5.92. The molecule has 2 aromatic rings. The van der Waals surface area contributed by atoms with Crippen molar-refractivity contribution in [1.29, 1.82) is 0 Å². The van der Waals surface area contributed by atoms with Gasteiger partial charge in [-0.05, 0) is 30.4 Å². The number of aryl methyl sites for hydroxylation is 2. The van der Waals surface area contributed by atoms with E-state index in [1.54, 1.807) is 6.20 Å². The third kappa shape index (κ3) is 3.91. The Morgan fingerprint density at radius 3 is 2.32 bits per heavy atom. The van der Waals surface area contributed by atoms with Crippen molar-refractivity contribution in [2.75, 3.05) is 0 Å². The van der Waals surface area contributed by atoms with Crippen LogP contribution >= 0.6 is 0 Å². The molecule has 0 aliphatic rings. The first kappa shape index (κ1) is 16.1. The van der Waals surface area contributed by atoms with E-state index in [4.69, 9.17) is 0 Å². The lowest BCUT2D eigenvalue weighted by Gasteiger charge is -2.23. The predicted octanol–water partition coefficient (Wildman–Crippen LogP) is 3.47. The minimum atomic E-state index is -0.189. The molecule has 4 heteroatoms. The minimum absolute atomic E-state index is 0.0403. The molecule has 1 heterocycles. The molecule has 0 aliphatic heterocycles. The number of nitrogens with one attached hydrogen (secondary N) is 1. The van der Waals surface area contributed by atoms with E-state index in [0.717, 1.165) is 17.7 Å². The summed E-state index contributed by atoms with van der Waals surface area (Å²) in [6.45, 7) is 8.17. The molecule has 2 rings (SSSR count). The lowest BCUT2D eigenvalue weighted by Crippen LogP contribution is -2.32. The Labute approximate surface area is 132 Å². The molecule has 0 aliphatic carbocycles. The summed E-state index contributed by atoms with van der Waals surface area (Å²) < 4.78 is 0. The molecule has 4 nitrogen and oxygen atoms in total. The number of carbonyl (C=O) groups excluding carboxylic acids is 1. The van der Waals surface area contributed by atoms with Crippen LogP contribution in [0.4, 0.5) is 0 Å². The average molecular weight is 297 g/mol. The highest BCUT2D eigenvalue weighted by Gasteiger charge is 2.19. The Morgan fingerprint density at radius 2 is 1.82 bits per heavy atom. The largest absolute Gasteiger partial charge is 0.344 e. The van der Waals surface area contributed by atoms with Crippen LogP contribution in [0.5, 0.6) is 0 Å². The van der Waals surface area contributed by atoms with Crippen LogP contribution < -0.4 is 5.32 Å². The Kier molecular flexibility index (Phi) is 5.26.